The molecule has 3 heterocycles. The molecule has 3 aromatic heterocycles. The van der Waals surface area contributed by atoms with Crippen LogP contribution in [0.25, 0.3) is 32.7 Å². The number of nitrogens with one attached hydrogen (secondary N) is 18. The van der Waals surface area contributed by atoms with Gasteiger partial charge in [0, 0.05) is 103 Å². The molecule has 30 N–H and O–H groups in total. The lowest BCUT2D eigenvalue weighted by Crippen LogP contribution is -2.61. The third kappa shape index (κ3) is 23.2. The van der Waals surface area contributed by atoms with E-state index in [2.05, 4.69) is 73.4 Å². The Morgan fingerprint density at radius 3 is 1.00 bits per heavy atom. The van der Waals surface area contributed by atoms with Gasteiger partial charge in [0.25, 0.3) is 0 Å². The maximum atomic E-state index is 15.3. The molecule has 0 unspecified atom stereocenters. The highest BCUT2D eigenvalue weighted by molar-refractivity contribution is 5.99. The van der Waals surface area contributed by atoms with Gasteiger partial charge in [-0.1, -0.05) is 66.7 Å². The minimum absolute atomic E-state index is 0.0311. The zero-order valence-corrected chi connectivity index (χ0v) is 54.4. The van der Waals surface area contributed by atoms with Crippen molar-refractivity contribution in [2.45, 2.75) is 125 Å². The maximum absolute atomic E-state index is 15.3. The SMILES string of the molecule is N=C(N)NCCC[C@H](NC(=O)[C@H](Cc1c[nH]c2ccccc12)NC(=O)[C@H](Cc1c[nH]c2ccccc12)NC(=O)[C@H](CCCNC(=N)N)NC(=O)[C@H](Cc1ccc(O)cc1)NC(=O)[C@H](Cc1c[nH]c2ccccc12)NC(=O)[C@H](CCCNC(=N)N)NC(=O)[C@@H](N)CCCNC(=N)N)C(=O)O. The summed E-state index contributed by atoms with van der Waals surface area (Å²) in [5, 5.41) is 82.9. The summed E-state index contributed by atoms with van der Waals surface area (Å²) in [6, 6.07) is 16.0. The number of guanidine groups is 4. The summed E-state index contributed by atoms with van der Waals surface area (Å²) >= 11 is 0. The Hall–Kier alpha value is -11.9. The number of aromatic nitrogens is 3. The number of carboxylic acid groups (broad SMARTS) is 1. The van der Waals surface area contributed by atoms with E-state index in [4.69, 9.17) is 50.3 Å². The highest BCUT2D eigenvalue weighted by atomic mass is 16.4. The van der Waals surface area contributed by atoms with Crippen molar-refractivity contribution in [1.82, 2.24) is 73.4 Å². The lowest BCUT2D eigenvalue weighted by Gasteiger charge is -2.28. The summed E-state index contributed by atoms with van der Waals surface area (Å²) in [5.41, 5.74) is 32.5. The van der Waals surface area contributed by atoms with Crippen LogP contribution in [0.5, 0.6) is 5.75 Å². The molecule has 0 radical (unpaired) electrons. The van der Waals surface area contributed by atoms with Crippen LogP contribution < -0.4 is 87.2 Å². The first-order chi connectivity index (χ1) is 47.4. The van der Waals surface area contributed by atoms with E-state index in [9.17, 15) is 29.4 Å². The Balaban J connectivity index is 1.21. The molecule has 0 aliphatic rings. The van der Waals surface area contributed by atoms with Crippen LogP contribution in [-0.4, -0.2) is 171 Å². The van der Waals surface area contributed by atoms with Crippen molar-refractivity contribution >= 4 is 104 Å². The van der Waals surface area contributed by atoms with Crippen molar-refractivity contribution in [2.75, 3.05) is 26.2 Å². The molecule has 33 nitrogen and oxygen atoms in total. The average Bonchev–Trinajstić information content (AvgIpc) is 1.74. The monoisotopic (exact) mass is 1360 g/mol. The van der Waals surface area contributed by atoms with E-state index in [0.29, 0.717) is 61.4 Å². The van der Waals surface area contributed by atoms with Gasteiger partial charge in [0.1, 0.15) is 48.0 Å². The molecule has 7 aromatic rings. The number of H-pyrrole nitrogens is 3. The largest absolute Gasteiger partial charge is 0.508 e. The quantitative estimate of drug-likeness (QED) is 0.0124. The summed E-state index contributed by atoms with van der Waals surface area (Å²) in [7, 11) is 0. The molecule has 0 spiro atoms. The third-order valence-corrected chi connectivity index (χ3v) is 16.4. The van der Waals surface area contributed by atoms with Gasteiger partial charge in [-0.3, -0.25) is 55.2 Å². The van der Waals surface area contributed by atoms with Gasteiger partial charge in [-0.15, -0.1) is 0 Å². The van der Waals surface area contributed by atoms with Crippen LogP contribution >= 0.6 is 0 Å². The number of phenols is 1. The molecule has 99 heavy (non-hydrogen) atoms. The zero-order chi connectivity index (χ0) is 71.5. The molecular formula is C66H89N23O10. The number of nitrogens with two attached hydrogens (primary N) is 5. The van der Waals surface area contributed by atoms with Crippen molar-refractivity contribution in [2.24, 2.45) is 28.7 Å². The van der Waals surface area contributed by atoms with Gasteiger partial charge >= 0.3 is 5.97 Å². The Labute approximate surface area is 569 Å². The summed E-state index contributed by atoms with van der Waals surface area (Å²) in [6.07, 6.45) is 4.81. The van der Waals surface area contributed by atoms with E-state index in [-0.39, 0.29) is 126 Å². The molecule has 7 rings (SSSR count). The Morgan fingerprint density at radius 2 is 0.657 bits per heavy atom. The summed E-state index contributed by atoms with van der Waals surface area (Å²) < 4.78 is 0. The molecule has 0 bridgehead atoms. The number of hydrogen-bond acceptors (Lipinski definition) is 14. The van der Waals surface area contributed by atoms with E-state index >= 15 is 19.2 Å². The number of aromatic amines is 3. The fourth-order valence-corrected chi connectivity index (χ4v) is 11.2. The minimum atomic E-state index is -1.56. The predicted molar refractivity (Wildman–Crippen MR) is 374 cm³/mol. The summed E-state index contributed by atoms with van der Waals surface area (Å²) in [5.74, 6) is -8.79. The van der Waals surface area contributed by atoms with Crippen molar-refractivity contribution in [3.8, 4) is 5.75 Å². The van der Waals surface area contributed by atoms with Crippen LogP contribution in [0.3, 0.4) is 0 Å². The second-order valence-electron chi connectivity index (χ2n) is 23.9. The zero-order valence-electron chi connectivity index (χ0n) is 54.4. The number of aromatic hydroxyl groups is 1. The van der Waals surface area contributed by atoms with Gasteiger partial charge in [-0.25, -0.2) is 4.79 Å². The van der Waals surface area contributed by atoms with Gasteiger partial charge in [-0.2, -0.15) is 0 Å². The number of carbonyl (C=O) groups excluding carboxylic acids is 7. The average molecular weight is 1360 g/mol. The number of phenolic OH excluding ortho intramolecular Hbond substituents is 1. The Morgan fingerprint density at radius 1 is 0.374 bits per heavy atom. The van der Waals surface area contributed by atoms with Gasteiger partial charge in [-0.05, 0) is 104 Å². The van der Waals surface area contributed by atoms with Crippen molar-refractivity contribution in [1.29, 1.82) is 21.6 Å². The van der Waals surface area contributed by atoms with Crippen LogP contribution in [0.4, 0.5) is 0 Å². The fourth-order valence-electron chi connectivity index (χ4n) is 11.2. The second-order valence-corrected chi connectivity index (χ2v) is 23.9. The Kier molecular flexibility index (Phi) is 27.7. The van der Waals surface area contributed by atoms with E-state index in [1.165, 1.54) is 24.3 Å². The standard InChI is InChI=1S/C66H89N23O10/c67-44(14-7-25-76-63(68)69)55(91)83-48(18-8-26-77-64(70)71)56(92)87-53(31-38-34-81-46-16-5-2-12-42(38)46)60(96)86-51(29-36-21-23-40(90)24-22-36)58(94)84-49(19-9-27-78-65(72)73)57(93)88-54(32-39-35-82-47-17-6-3-13-43(39)47)61(97)89-52(30-37-33-80-45-15-4-1-11-41(37)45)59(95)85-50(62(98)99)20-10-28-79-66(74)75/h1-6,11-13,15-17,21-24,33-35,44,48-54,80-82,90H,7-10,14,18-20,25-32,67H2,(H,83,91)(H,84,94)(H,85,95)(H,86,96)(H,87,92)(H,88,93)(H,89,97)(H,98,99)(H4,68,69,76)(H4,70,71,77)(H4,72,73,78)(H4,74,75,79)/t44-,48-,49-,50-,51-,52-,53-,54-/m0/s1. The van der Waals surface area contributed by atoms with Gasteiger partial charge < -0.3 is 112 Å². The van der Waals surface area contributed by atoms with Gasteiger partial charge in [0.2, 0.25) is 41.4 Å². The number of rotatable bonds is 39. The molecule has 528 valence electrons. The topological polar surface area (TPSA) is 582 Å². The van der Waals surface area contributed by atoms with Crippen LogP contribution in [0.2, 0.25) is 0 Å². The second kappa shape index (κ2) is 36.8. The Bertz CT molecular complexity index is 3980. The van der Waals surface area contributed by atoms with E-state index in [1.807, 2.05) is 30.3 Å². The van der Waals surface area contributed by atoms with Crippen LogP contribution in [0.15, 0.2) is 116 Å². The number of benzene rings is 4. The van der Waals surface area contributed by atoms with Crippen LogP contribution in [0, 0.1) is 21.6 Å². The summed E-state index contributed by atoms with van der Waals surface area (Å²) in [4.78, 5) is 126. The number of fused-ring (bicyclic) bond motifs is 3. The molecule has 0 saturated carbocycles. The highest BCUT2D eigenvalue weighted by Gasteiger charge is 2.36. The van der Waals surface area contributed by atoms with E-state index < -0.39 is 95.7 Å². The molecule has 0 fully saturated rings. The number of carbonyl (C=O) groups is 8. The number of amides is 7. The van der Waals surface area contributed by atoms with E-state index in [0.717, 1.165) is 0 Å². The van der Waals surface area contributed by atoms with Crippen molar-refractivity contribution in [3.05, 3.63) is 138 Å². The van der Waals surface area contributed by atoms with Gasteiger partial charge in [0.15, 0.2) is 23.8 Å². The number of para-hydroxylation sites is 3. The lowest BCUT2D eigenvalue weighted by molar-refractivity contribution is -0.142. The molecule has 0 saturated heterocycles. The lowest BCUT2D eigenvalue weighted by atomic mass is 10.00. The molecule has 4 aromatic carbocycles. The maximum Gasteiger partial charge on any atom is 0.326 e. The predicted octanol–water partition coefficient (Wildman–Crippen LogP) is -1.03. The molecule has 7 amide bonds. The van der Waals surface area contributed by atoms with Crippen LogP contribution in [0.1, 0.15) is 73.6 Å². The molecule has 0 aliphatic heterocycles. The molecular weight excluding hydrogens is 1270 g/mol. The first-order valence-electron chi connectivity index (χ1n) is 32.3. The molecule has 0 aliphatic carbocycles. The first-order valence-corrected chi connectivity index (χ1v) is 32.3. The number of hydrogen-bond donors (Lipinski definition) is 25. The number of aliphatic carboxylic acids is 1. The normalized spacial score (nSPS) is 13.5. The van der Waals surface area contributed by atoms with Crippen molar-refractivity contribution in [3.63, 3.8) is 0 Å². The van der Waals surface area contributed by atoms with Crippen molar-refractivity contribution < 1.29 is 48.6 Å². The van der Waals surface area contributed by atoms with Gasteiger partial charge in [0.05, 0.1) is 6.04 Å². The highest BCUT2D eigenvalue weighted by Crippen LogP contribution is 2.24. The first kappa shape index (κ1) is 74.5. The minimum Gasteiger partial charge on any atom is -0.508 e. The smallest absolute Gasteiger partial charge is 0.326 e. The van der Waals surface area contributed by atoms with E-state index in [1.54, 1.807) is 61.1 Å². The molecule has 8 atom stereocenters. The number of carboxylic acids is 1. The summed E-state index contributed by atoms with van der Waals surface area (Å²) in [6.45, 7) is 0.535. The molecule has 33 heteroatoms. The third-order valence-electron chi connectivity index (χ3n) is 16.4. The van der Waals surface area contributed by atoms with Crippen LogP contribution in [-0.2, 0) is 64.0 Å². The fraction of sp³-hybridized carbons (Fsp3) is 0.364.